The van der Waals surface area contributed by atoms with Gasteiger partial charge in [-0.1, -0.05) is 30.3 Å². The van der Waals surface area contributed by atoms with E-state index in [2.05, 4.69) is 0 Å². The smallest absolute Gasteiger partial charge is 0.410 e. The molecule has 0 aliphatic carbocycles. The molecule has 1 heterocycles. The average molecular weight is 315 g/mol. The van der Waals surface area contributed by atoms with E-state index in [-0.39, 0.29) is 31.1 Å². The van der Waals surface area contributed by atoms with Gasteiger partial charge in [-0.05, 0) is 18.4 Å². The molecule has 0 N–H and O–H groups in total. The normalized spacial score (nSPS) is 14.9. The number of hydrogen-bond donors (Lipinski definition) is 0. The lowest BCUT2D eigenvalue weighted by molar-refractivity contribution is -0.131. The summed E-state index contributed by atoms with van der Waals surface area (Å²) in [7, 11) is 1.73. The van der Waals surface area contributed by atoms with E-state index in [1.807, 2.05) is 36.4 Å². The quantitative estimate of drug-likeness (QED) is 0.853. The van der Waals surface area contributed by atoms with Crippen LogP contribution in [0, 0.1) is 11.3 Å². The molecule has 1 saturated heterocycles. The van der Waals surface area contributed by atoms with E-state index in [0.717, 1.165) is 5.56 Å². The zero-order chi connectivity index (χ0) is 16.7. The van der Waals surface area contributed by atoms with Gasteiger partial charge in [-0.2, -0.15) is 5.26 Å². The Hall–Kier alpha value is -2.55. The van der Waals surface area contributed by atoms with Gasteiger partial charge in [-0.25, -0.2) is 4.79 Å². The Morgan fingerprint density at radius 1 is 1.30 bits per heavy atom. The Labute approximate surface area is 136 Å². The van der Waals surface area contributed by atoms with Crippen LogP contribution in [0.1, 0.15) is 24.8 Å². The van der Waals surface area contributed by atoms with Crippen LogP contribution in [0.15, 0.2) is 30.3 Å². The number of benzene rings is 1. The Morgan fingerprint density at radius 3 is 2.57 bits per heavy atom. The molecule has 0 bridgehead atoms. The summed E-state index contributed by atoms with van der Waals surface area (Å²) in [6.07, 6.45) is 0.970. The Bertz CT molecular complexity index is 574. The summed E-state index contributed by atoms with van der Waals surface area (Å²) >= 11 is 0. The van der Waals surface area contributed by atoms with Crippen LogP contribution < -0.4 is 0 Å². The molecule has 0 saturated carbocycles. The second-order valence-electron chi connectivity index (χ2n) is 5.60. The van der Waals surface area contributed by atoms with Gasteiger partial charge >= 0.3 is 6.09 Å². The molecule has 0 atom stereocenters. The number of hydrogen-bond acceptors (Lipinski definition) is 4. The van der Waals surface area contributed by atoms with Gasteiger partial charge in [0.2, 0.25) is 5.91 Å². The fourth-order valence-electron chi connectivity index (χ4n) is 2.65. The third kappa shape index (κ3) is 4.71. The van der Waals surface area contributed by atoms with E-state index >= 15 is 0 Å². The molecule has 1 aliphatic heterocycles. The number of amides is 2. The summed E-state index contributed by atoms with van der Waals surface area (Å²) in [4.78, 5) is 27.1. The number of nitriles is 1. The van der Waals surface area contributed by atoms with Crippen molar-refractivity contribution in [3.05, 3.63) is 35.9 Å². The van der Waals surface area contributed by atoms with Crippen molar-refractivity contribution in [1.29, 1.82) is 5.26 Å². The lowest BCUT2D eigenvalue weighted by Crippen LogP contribution is -2.47. The molecule has 0 unspecified atom stereocenters. The minimum atomic E-state index is -0.351. The van der Waals surface area contributed by atoms with Crippen molar-refractivity contribution in [1.82, 2.24) is 9.80 Å². The number of carbonyl (C=O) groups is 2. The van der Waals surface area contributed by atoms with Gasteiger partial charge in [0.1, 0.15) is 13.0 Å². The second kappa shape index (κ2) is 8.18. The largest absolute Gasteiger partial charge is 0.445 e. The van der Waals surface area contributed by atoms with E-state index in [0.29, 0.717) is 25.9 Å². The number of rotatable bonds is 4. The first-order chi connectivity index (χ1) is 11.1. The predicted octanol–water partition coefficient (Wildman–Crippen LogP) is 2.16. The number of ether oxygens (including phenoxy) is 1. The number of nitrogens with zero attached hydrogens (tertiary/aromatic N) is 3. The van der Waals surface area contributed by atoms with Crippen molar-refractivity contribution in [3.63, 3.8) is 0 Å². The number of piperidine rings is 1. The topological polar surface area (TPSA) is 73.6 Å². The van der Waals surface area contributed by atoms with Gasteiger partial charge in [0.25, 0.3) is 0 Å². The first-order valence-electron chi connectivity index (χ1n) is 7.70. The maximum atomic E-state index is 12.1. The molecule has 0 spiro atoms. The van der Waals surface area contributed by atoms with Crippen LogP contribution in [0.25, 0.3) is 0 Å². The van der Waals surface area contributed by atoms with Crippen LogP contribution in [0.4, 0.5) is 4.79 Å². The molecule has 6 nitrogen and oxygen atoms in total. The van der Waals surface area contributed by atoms with Crippen LogP contribution in [-0.2, 0) is 16.1 Å². The lowest BCUT2D eigenvalue weighted by Gasteiger charge is -2.36. The Balaban J connectivity index is 1.78. The summed E-state index contributed by atoms with van der Waals surface area (Å²) in [6.45, 7) is 1.40. The average Bonchev–Trinajstić information content (AvgIpc) is 2.60. The molecule has 1 fully saturated rings. The molecule has 6 heteroatoms. The summed E-state index contributed by atoms with van der Waals surface area (Å²) in [5.41, 5.74) is 0.950. The van der Waals surface area contributed by atoms with Crippen LogP contribution in [-0.4, -0.2) is 48.0 Å². The van der Waals surface area contributed by atoms with Crippen molar-refractivity contribution in [3.8, 4) is 6.07 Å². The van der Waals surface area contributed by atoms with E-state index in [1.165, 1.54) is 0 Å². The summed E-state index contributed by atoms with van der Waals surface area (Å²) in [5, 5.41) is 8.57. The maximum absolute atomic E-state index is 12.1. The first-order valence-corrected chi connectivity index (χ1v) is 7.70. The van der Waals surface area contributed by atoms with E-state index < -0.39 is 0 Å². The Morgan fingerprint density at radius 2 is 1.96 bits per heavy atom. The molecule has 23 heavy (non-hydrogen) atoms. The fraction of sp³-hybridized carbons (Fsp3) is 0.471. The number of likely N-dealkylation sites (tertiary alicyclic amines) is 1. The SMILES string of the molecule is CN(C(=O)OCc1ccccc1)C1CCN(C(=O)CC#N)CC1. The van der Waals surface area contributed by atoms with Gasteiger partial charge in [0, 0.05) is 26.2 Å². The molecular formula is C17H21N3O3. The van der Waals surface area contributed by atoms with Gasteiger partial charge < -0.3 is 14.5 Å². The van der Waals surface area contributed by atoms with Crippen LogP contribution >= 0.6 is 0 Å². The van der Waals surface area contributed by atoms with Gasteiger partial charge in [-0.15, -0.1) is 0 Å². The summed E-state index contributed by atoms with van der Waals surface area (Å²) < 4.78 is 5.32. The molecule has 1 aromatic rings. The molecule has 2 amide bonds. The molecule has 1 aromatic carbocycles. The van der Waals surface area contributed by atoms with E-state index in [9.17, 15) is 9.59 Å². The zero-order valence-electron chi connectivity index (χ0n) is 13.3. The minimum absolute atomic E-state index is 0.0596. The highest BCUT2D eigenvalue weighted by Gasteiger charge is 2.27. The third-order valence-corrected chi connectivity index (χ3v) is 4.09. The third-order valence-electron chi connectivity index (χ3n) is 4.09. The fourth-order valence-corrected chi connectivity index (χ4v) is 2.65. The summed E-state index contributed by atoms with van der Waals surface area (Å²) in [6, 6.07) is 11.5. The number of carbonyl (C=O) groups excluding carboxylic acids is 2. The standard InChI is InChI=1S/C17H21N3O3/c1-19(17(22)23-13-14-5-3-2-4-6-14)15-8-11-20(12-9-15)16(21)7-10-18/h2-6,15H,7-9,11-13H2,1H3. The molecule has 2 rings (SSSR count). The second-order valence-corrected chi connectivity index (χ2v) is 5.60. The van der Waals surface area contributed by atoms with Crippen LogP contribution in [0.3, 0.4) is 0 Å². The lowest BCUT2D eigenvalue weighted by atomic mass is 10.0. The highest BCUT2D eigenvalue weighted by molar-refractivity contribution is 5.78. The van der Waals surface area contributed by atoms with E-state index in [4.69, 9.17) is 10.00 Å². The predicted molar refractivity (Wildman–Crippen MR) is 84.2 cm³/mol. The van der Waals surface area contributed by atoms with Crippen molar-refractivity contribution >= 4 is 12.0 Å². The van der Waals surface area contributed by atoms with Crippen LogP contribution in [0.5, 0.6) is 0 Å². The van der Waals surface area contributed by atoms with Crippen molar-refractivity contribution in [2.75, 3.05) is 20.1 Å². The van der Waals surface area contributed by atoms with Gasteiger partial charge in [-0.3, -0.25) is 4.79 Å². The summed E-state index contributed by atoms with van der Waals surface area (Å²) in [5.74, 6) is -0.139. The molecule has 0 radical (unpaired) electrons. The molecular weight excluding hydrogens is 294 g/mol. The molecule has 0 aromatic heterocycles. The minimum Gasteiger partial charge on any atom is -0.445 e. The zero-order valence-corrected chi connectivity index (χ0v) is 13.3. The van der Waals surface area contributed by atoms with Crippen LogP contribution in [0.2, 0.25) is 0 Å². The molecule has 122 valence electrons. The van der Waals surface area contributed by atoms with E-state index in [1.54, 1.807) is 16.8 Å². The Kier molecular flexibility index (Phi) is 5.98. The first kappa shape index (κ1) is 16.8. The monoisotopic (exact) mass is 315 g/mol. The highest BCUT2D eigenvalue weighted by Crippen LogP contribution is 2.17. The highest BCUT2D eigenvalue weighted by atomic mass is 16.6. The van der Waals surface area contributed by atoms with Crippen molar-refractivity contribution in [2.24, 2.45) is 0 Å². The van der Waals surface area contributed by atoms with Gasteiger partial charge in [0.05, 0.1) is 6.07 Å². The van der Waals surface area contributed by atoms with Crippen molar-refractivity contribution in [2.45, 2.75) is 31.9 Å². The van der Waals surface area contributed by atoms with Crippen molar-refractivity contribution < 1.29 is 14.3 Å². The molecule has 1 aliphatic rings. The maximum Gasteiger partial charge on any atom is 0.410 e. The van der Waals surface area contributed by atoms with Gasteiger partial charge in [0.15, 0.2) is 0 Å².